The van der Waals surface area contributed by atoms with E-state index in [9.17, 15) is 14.4 Å². The molecule has 0 radical (unpaired) electrons. The monoisotopic (exact) mass is 979 g/mol. The highest BCUT2D eigenvalue weighted by atomic mass is 16.6. The normalized spacial score (nSPS) is 12.4. The van der Waals surface area contributed by atoms with Gasteiger partial charge in [-0.2, -0.15) is 0 Å². The highest BCUT2D eigenvalue weighted by molar-refractivity contribution is 5.71. The van der Waals surface area contributed by atoms with Gasteiger partial charge in [-0.3, -0.25) is 14.4 Å². The smallest absolute Gasteiger partial charge is 0.306 e. The molecule has 0 saturated heterocycles. The van der Waals surface area contributed by atoms with E-state index >= 15 is 0 Å². The predicted octanol–water partition coefficient (Wildman–Crippen LogP) is 20.4. The maximum atomic E-state index is 12.9. The molecule has 0 spiro atoms. The minimum absolute atomic E-state index is 0.0783. The number of unbranched alkanes of at least 4 members (excludes halogenated alkanes) is 34. The van der Waals surface area contributed by atoms with Crippen molar-refractivity contribution in [1.82, 2.24) is 0 Å². The summed E-state index contributed by atoms with van der Waals surface area (Å²) in [6.07, 6.45) is 73.7. The second-order valence-corrected chi connectivity index (χ2v) is 20.2. The van der Waals surface area contributed by atoms with Crippen LogP contribution in [-0.4, -0.2) is 37.2 Å². The van der Waals surface area contributed by atoms with Crippen LogP contribution in [0.4, 0.5) is 0 Å². The van der Waals surface area contributed by atoms with Gasteiger partial charge in [0.15, 0.2) is 6.10 Å². The molecule has 0 fully saturated rings. The summed E-state index contributed by atoms with van der Waals surface area (Å²) >= 11 is 0. The molecule has 0 aromatic heterocycles. The molecule has 6 nitrogen and oxygen atoms in total. The van der Waals surface area contributed by atoms with Crippen LogP contribution in [0.3, 0.4) is 0 Å². The SMILES string of the molecule is CCC/C=C\CCCCCCCC(=O)OCC(COC(=O)CCCCCCCCCCCCC/C=C\C/C=C\CCCCCCC)OC(=O)CCCCCCCCCCC/C=C\C/C=C\CCCCC. The van der Waals surface area contributed by atoms with Crippen molar-refractivity contribution < 1.29 is 28.6 Å². The number of allylic oxidation sites excluding steroid dienone is 10. The van der Waals surface area contributed by atoms with E-state index in [1.807, 2.05) is 0 Å². The van der Waals surface area contributed by atoms with Crippen LogP contribution in [-0.2, 0) is 28.6 Å². The number of carbonyl (C=O) groups is 3. The summed E-state index contributed by atoms with van der Waals surface area (Å²) in [6.45, 7) is 6.56. The van der Waals surface area contributed by atoms with Gasteiger partial charge in [-0.25, -0.2) is 0 Å². The molecule has 0 N–H and O–H groups in total. The minimum Gasteiger partial charge on any atom is -0.462 e. The lowest BCUT2D eigenvalue weighted by Crippen LogP contribution is -2.30. The van der Waals surface area contributed by atoms with Crippen LogP contribution in [0.25, 0.3) is 0 Å². The lowest BCUT2D eigenvalue weighted by atomic mass is 10.0. The number of hydrogen-bond acceptors (Lipinski definition) is 6. The number of esters is 3. The van der Waals surface area contributed by atoms with Crippen molar-refractivity contribution in [2.75, 3.05) is 13.2 Å². The van der Waals surface area contributed by atoms with Crippen LogP contribution < -0.4 is 0 Å². The van der Waals surface area contributed by atoms with Crippen LogP contribution in [0, 0.1) is 0 Å². The largest absolute Gasteiger partial charge is 0.462 e. The van der Waals surface area contributed by atoms with Crippen LogP contribution in [0.5, 0.6) is 0 Å². The van der Waals surface area contributed by atoms with E-state index in [4.69, 9.17) is 14.2 Å². The molecule has 0 aliphatic rings. The molecular formula is C64H114O6. The Morgan fingerprint density at radius 1 is 0.286 bits per heavy atom. The third kappa shape index (κ3) is 56.0. The van der Waals surface area contributed by atoms with E-state index < -0.39 is 6.10 Å². The van der Waals surface area contributed by atoms with Crippen molar-refractivity contribution in [3.05, 3.63) is 60.8 Å². The van der Waals surface area contributed by atoms with Gasteiger partial charge in [0.05, 0.1) is 0 Å². The highest BCUT2D eigenvalue weighted by Gasteiger charge is 2.19. The van der Waals surface area contributed by atoms with E-state index in [-0.39, 0.29) is 31.1 Å². The average Bonchev–Trinajstić information content (AvgIpc) is 3.36. The summed E-state index contributed by atoms with van der Waals surface area (Å²) in [6, 6.07) is 0. The Hall–Kier alpha value is -2.89. The van der Waals surface area contributed by atoms with Gasteiger partial charge in [0.2, 0.25) is 0 Å². The van der Waals surface area contributed by atoms with Crippen LogP contribution >= 0.6 is 0 Å². The van der Waals surface area contributed by atoms with E-state index in [0.29, 0.717) is 19.3 Å². The highest BCUT2D eigenvalue weighted by Crippen LogP contribution is 2.16. The number of carbonyl (C=O) groups excluding carboxylic acids is 3. The van der Waals surface area contributed by atoms with Gasteiger partial charge in [-0.15, -0.1) is 0 Å². The summed E-state index contributed by atoms with van der Waals surface area (Å²) in [5.74, 6) is -0.884. The molecule has 0 amide bonds. The lowest BCUT2D eigenvalue weighted by Gasteiger charge is -2.18. The Kier molecular flexibility index (Phi) is 56.3. The summed E-state index contributed by atoms with van der Waals surface area (Å²) in [5.41, 5.74) is 0. The zero-order valence-corrected chi connectivity index (χ0v) is 46.5. The summed E-state index contributed by atoms with van der Waals surface area (Å²) < 4.78 is 16.9. The van der Waals surface area contributed by atoms with E-state index in [2.05, 4.69) is 81.5 Å². The number of hydrogen-bond donors (Lipinski definition) is 0. The Labute approximate surface area is 434 Å². The first kappa shape index (κ1) is 67.1. The molecular weight excluding hydrogens is 865 g/mol. The first-order chi connectivity index (χ1) is 34.5. The Morgan fingerprint density at radius 2 is 0.543 bits per heavy atom. The van der Waals surface area contributed by atoms with Gasteiger partial charge in [0, 0.05) is 19.3 Å². The van der Waals surface area contributed by atoms with E-state index in [0.717, 1.165) is 83.5 Å². The molecule has 0 aromatic rings. The third-order valence-corrected chi connectivity index (χ3v) is 13.2. The first-order valence-electron chi connectivity index (χ1n) is 30.3. The van der Waals surface area contributed by atoms with Gasteiger partial charge in [0.25, 0.3) is 0 Å². The van der Waals surface area contributed by atoms with Crippen molar-refractivity contribution in [2.24, 2.45) is 0 Å². The quantitative estimate of drug-likeness (QED) is 0.0261. The van der Waals surface area contributed by atoms with Gasteiger partial charge in [-0.05, 0) is 103 Å². The first-order valence-corrected chi connectivity index (χ1v) is 30.3. The third-order valence-electron chi connectivity index (χ3n) is 13.2. The molecule has 0 rings (SSSR count). The van der Waals surface area contributed by atoms with E-state index in [1.165, 1.54) is 186 Å². The molecule has 1 atom stereocenters. The molecule has 1 unspecified atom stereocenters. The zero-order chi connectivity index (χ0) is 50.7. The lowest BCUT2D eigenvalue weighted by molar-refractivity contribution is -0.167. The second kappa shape index (κ2) is 58.7. The maximum absolute atomic E-state index is 12.9. The van der Waals surface area contributed by atoms with Crippen LogP contribution in [0.1, 0.15) is 310 Å². The predicted molar refractivity (Wildman–Crippen MR) is 302 cm³/mol. The van der Waals surface area contributed by atoms with Gasteiger partial charge < -0.3 is 14.2 Å². The fourth-order valence-corrected chi connectivity index (χ4v) is 8.62. The zero-order valence-electron chi connectivity index (χ0n) is 46.5. The molecule has 6 heteroatoms. The fraction of sp³-hybridized carbons (Fsp3) is 0.797. The molecule has 0 aliphatic heterocycles. The summed E-state index contributed by atoms with van der Waals surface area (Å²) in [7, 11) is 0. The summed E-state index contributed by atoms with van der Waals surface area (Å²) in [4.78, 5) is 38.1. The van der Waals surface area contributed by atoms with Crippen molar-refractivity contribution in [3.8, 4) is 0 Å². The van der Waals surface area contributed by atoms with Crippen LogP contribution in [0.15, 0.2) is 60.8 Å². The summed E-state index contributed by atoms with van der Waals surface area (Å²) in [5, 5.41) is 0. The van der Waals surface area contributed by atoms with Crippen molar-refractivity contribution in [1.29, 1.82) is 0 Å². The van der Waals surface area contributed by atoms with Gasteiger partial charge in [0.1, 0.15) is 13.2 Å². The van der Waals surface area contributed by atoms with Crippen molar-refractivity contribution >= 4 is 17.9 Å². The Balaban J connectivity index is 4.26. The number of ether oxygens (including phenoxy) is 3. The van der Waals surface area contributed by atoms with Gasteiger partial charge in [-0.1, -0.05) is 248 Å². The molecule has 0 saturated carbocycles. The molecule has 70 heavy (non-hydrogen) atoms. The maximum Gasteiger partial charge on any atom is 0.306 e. The Morgan fingerprint density at radius 3 is 0.886 bits per heavy atom. The molecule has 0 aromatic carbocycles. The number of rotatable bonds is 55. The van der Waals surface area contributed by atoms with Crippen LogP contribution in [0.2, 0.25) is 0 Å². The van der Waals surface area contributed by atoms with Crippen molar-refractivity contribution in [3.63, 3.8) is 0 Å². The average molecular weight is 980 g/mol. The van der Waals surface area contributed by atoms with E-state index in [1.54, 1.807) is 0 Å². The fourth-order valence-electron chi connectivity index (χ4n) is 8.62. The van der Waals surface area contributed by atoms with Crippen molar-refractivity contribution in [2.45, 2.75) is 316 Å². The standard InChI is InChI=1S/C64H114O6/c1-4-7-10-13-16-19-22-24-26-28-30-31-32-33-35-36-38-40-42-45-48-51-54-57-63(66)69-60-61(59-68-62(65)56-53-50-47-44-21-18-15-12-9-6-3)70-64(67)58-55-52-49-46-43-41-39-37-34-29-27-25-23-20-17-14-11-8-5-2/h12,15,17,20,22,24-25,27-28,30,61H,4-11,13-14,16,18-19,21,23,26,29,31-60H2,1-3H3/b15-12-,20-17-,24-22-,27-25-,30-28-. The minimum atomic E-state index is -0.780. The molecule has 0 heterocycles. The molecule has 0 aliphatic carbocycles. The second-order valence-electron chi connectivity index (χ2n) is 20.2. The molecule has 0 bridgehead atoms. The topological polar surface area (TPSA) is 78.9 Å². The van der Waals surface area contributed by atoms with Gasteiger partial charge >= 0.3 is 17.9 Å². The molecule has 406 valence electrons. The Bertz CT molecular complexity index is 1260.